The van der Waals surface area contributed by atoms with Crippen LogP contribution in [0, 0.1) is 0 Å². The molecule has 0 aromatic rings. The summed E-state index contributed by atoms with van der Waals surface area (Å²) in [6.07, 6.45) is 6.79. The zero-order chi connectivity index (χ0) is 20.5. The number of carbonyl (C=O) groups excluding carboxylic acids is 1. The number of ether oxygens (including phenoxy) is 1. The van der Waals surface area contributed by atoms with E-state index in [2.05, 4.69) is 12.2 Å². The summed E-state index contributed by atoms with van der Waals surface area (Å²) in [6, 6.07) is -1.21. The molecule has 10 heteroatoms. The fourth-order valence-corrected chi connectivity index (χ4v) is 2.75. The highest BCUT2D eigenvalue weighted by molar-refractivity contribution is 5.85. The summed E-state index contributed by atoms with van der Waals surface area (Å²) < 4.78 is 5.44. The van der Waals surface area contributed by atoms with E-state index in [9.17, 15) is 19.8 Å². The Morgan fingerprint density at radius 1 is 1.03 bits per heavy atom. The topological polar surface area (TPSA) is 142 Å². The second-order valence-electron chi connectivity index (χ2n) is 6.89. The summed E-state index contributed by atoms with van der Waals surface area (Å²) in [4.78, 5) is 23.7. The molecule has 0 saturated carbocycles. The van der Waals surface area contributed by atoms with Crippen molar-refractivity contribution >= 4 is 36.7 Å². The second-order valence-corrected chi connectivity index (χ2v) is 6.89. The number of aliphatic hydroxyl groups is 2. The van der Waals surface area contributed by atoms with Gasteiger partial charge in [-0.1, -0.05) is 45.4 Å². The molecular weight excluding hydrogens is 423 g/mol. The van der Waals surface area contributed by atoms with E-state index in [4.69, 9.17) is 15.6 Å². The number of carboxylic acids is 1. The number of carbonyl (C=O) groups is 2. The van der Waals surface area contributed by atoms with Crippen LogP contribution in [0.25, 0.3) is 0 Å². The smallest absolute Gasteiger partial charge is 0.328 e. The lowest BCUT2D eigenvalue weighted by atomic mass is 10.0. The Kier molecular flexibility index (Phi) is 25.1. The average Bonchev–Trinajstić information content (AvgIpc) is 2.65. The zero-order valence-corrected chi connectivity index (χ0v) is 19.0. The van der Waals surface area contributed by atoms with Crippen LogP contribution in [0.3, 0.4) is 0 Å². The number of rotatable bonds is 18. The second kappa shape index (κ2) is 22.1. The molecule has 0 rings (SSSR count). The Labute approximate surface area is 186 Å². The summed E-state index contributed by atoms with van der Waals surface area (Å²) >= 11 is 0. The van der Waals surface area contributed by atoms with Gasteiger partial charge in [0.2, 0.25) is 5.91 Å². The molecule has 3 atom stereocenters. The van der Waals surface area contributed by atoms with Crippen molar-refractivity contribution in [1.29, 1.82) is 0 Å². The van der Waals surface area contributed by atoms with Crippen molar-refractivity contribution in [2.75, 3.05) is 19.8 Å². The Morgan fingerprint density at radius 3 is 2.14 bits per heavy atom. The molecule has 0 aromatic carbocycles. The van der Waals surface area contributed by atoms with Gasteiger partial charge in [-0.25, -0.2) is 4.79 Å². The molecule has 0 heterocycles. The number of nitrogens with one attached hydrogen (secondary N) is 1. The van der Waals surface area contributed by atoms with Crippen LogP contribution >= 0.6 is 24.8 Å². The van der Waals surface area contributed by atoms with Gasteiger partial charge in [-0.3, -0.25) is 4.79 Å². The fourth-order valence-electron chi connectivity index (χ4n) is 2.75. The van der Waals surface area contributed by atoms with Crippen LogP contribution in [0.15, 0.2) is 0 Å². The molecule has 0 fully saturated rings. The van der Waals surface area contributed by atoms with Gasteiger partial charge in [0.1, 0.15) is 6.10 Å². The lowest BCUT2D eigenvalue weighted by molar-refractivity contribution is -0.148. The van der Waals surface area contributed by atoms with E-state index in [1.807, 2.05) is 0 Å². The van der Waals surface area contributed by atoms with Gasteiger partial charge in [-0.15, -0.1) is 24.8 Å². The van der Waals surface area contributed by atoms with Crippen LogP contribution in [-0.2, 0) is 14.3 Å². The van der Waals surface area contributed by atoms with Crippen molar-refractivity contribution in [2.24, 2.45) is 5.73 Å². The van der Waals surface area contributed by atoms with Crippen LogP contribution in [-0.4, -0.2) is 65.2 Å². The Hall–Kier alpha value is -0.640. The molecule has 1 amide bonds. The van der Waals surface area contributed by atoms with E-state index < -0.39 is 30.8 Å². The van der Waals surface area contributed by atoms with E-state index >= 15 is 0 Å². The van der Waals surface area contributed by atoms with Crippen LogP contribution in [0.2, 0.25) is 0 Å². The molecule has 2 unspecified atom stereocenters. The van der Waals surface area contributed by atoms with Gasteiger partial charge in [0.05, 0.1) is 19.3 Å². The Balaban J connectivity index is -0.00000338. The third-order valence-electron chi connectivity index (χ3n) is 4.37. The van der Waals surface area contributed by atoms with E-state index in [0.717, 1.165) is 25.7 Å². The van der Waals surface area contributed by atoms with Crippen LogP contribution < -0.4 is 11.1 Å². The highest BCUT2D eigenvalue weighted by atomic mass is 35.5. The minimum absolute atomic E-state index is 0. The molecule has 8 nitrogen and oxygen atoms in total. The van der Waals surface area contributed by atoms with Gasteiger partial charge in [0.15, 0.2) is 6.04 Å². The molecule has 29 heavy (non-hydrogen) atoms. The monoisotopic (exact) mass is 462 g/mol. The predicted molar refractivity (Wildman–Crippen MR) is 118 cm³/mol. The Morgan fingerprint density at radius 2 is 1.62 bits per heavy atom. The van der Waals surface area contributed by atoms with E-state index in [0.29, 0.717) is 19.4 Å². The van der Waals surface area contributed by atoms with Gasteiger partial charge >= 0.3 is 5.97 Å². The number of unbranched alkanes of at least 4 members (excludes halogenated alkanes) is 6. The molecule has 0 saturated heterocycles. The lowest BCUT2D eigenvalue weighted by Crippen LogP contribution is -2.50. The van der Waals surface area contributed by atoms with Gasteiger partial charge in [-0.2, -0.15) is 0 Å². The van der Waals surface area contributed by atoms with Gasteiger partial charge in [-0.05, 0) is 25.8 Å². The fraction of sp³-hybridized carbons (Fsp3) is 0.895. The standard InChI is InChI=1S/C19H38N2O6.2ClH/c1-2-3-4-5-6-7-8-11-17(24)21-18(19(25)26)16(10-9-12-20)27-14-15(23)13-22;;/h15-16,18,22-23H,2-14,20H2,1H3,(H,21,24)(H,25,26);2*1H/t15?,16?,18-;;/m0../s1. The number of hydrogen-bond acceptors (Lipinski definition) is 6. The van der Waals surface area contributed by atoms with Gasteiger partial charge in [0.25, 0.3) is 0 Å². The number of halogens is 2. The van der Waals surface area contributed by atoms with Crippen molar-refractivity contribution in [3.8, 4) is 0 Å². The maximum Gasteiger partial charge on any atom is 0.328 e. The van der Waals surface area contributed by atoms with Crippen LogP contribution in [0.1, 0.15) is 71.1 Å². The predicted octanol–water partition coefficient (Wildman–Crippen LogP) is 2.02. The maximum absolute atomic E-state index is 12.1. The minimum Gasteiger partial charge on any atom is -0.480 e. The summed E-state index contributed by atoms with van der Waals surface area (Å²) in [6.45, 7) is 1.84. The number of amides is 1. The third kappa shape index (κ3) is 17.9. The number of carboxylic acid groups (broad SMARTS) is 1. The molecule has 0 aliphatic carbocycles. The lowest BCUT2D eigenvalue weighted by Gasteiger charge is -2.26. The maximum atomic E-state index is 12.1. The average molecular weight is 463 g/mol. The van der Waals surface area contributed by atoms with Crippen molar-refractivity contribution < 1.29 is 29.6 Å². The van der Waals surface area contributed by atoms with Crippen LogP contribution in [0.5, 0.6) is 0 Å². The quantitative estimate of drug-likeness (QED) is 0.196. The molecule has 0 bridgehead atoms. The molecule has 0 radical (unpaired) electrons. The first kappa shape index (κ1) is 33.0. The summed E-state index contributed by atoms with van der Waals surface area (Å²) in [5, 5.41) is 30.3. The number of hydrogen-bond donors (Lipinski definition) is 5. The first-order valence-corrected chi connectivity index (χ1v) is 10.1. The molecule has 6 N–H and O–H groups in total. The Bertz CT molecular complexity index is 405. The van der Waals surface area contributed by atoms with Gasteiger partial charge < -0.3 is 31.1 Å². The SMILES string of the molecule is CCCCCCCCCC(=O)N[C@H](C(=O)O)C(CCCN)OCC(O)CO.Cl.Cl. The molecule has 0 aliphatic rings. The van der Waals surface area contributed by atoms with Crippen molar-refractivity contribution in [3.63, 3.8) is 0 Å². The van der Waals surface area contributed by atoms with E-state index in [-0.39, 0.29) is 43.7 Å². The summed E-state index contributed by atoms with van der Waals surface area (Å²) in [5.74, 6) is -1.51. The molecule has 0 spiro atoms. The van der Waals surface area contributed by atoms with Crippen LogP contribution in [0.4, 0.5) is 0 Å². The molecule has 0 aliphatic heterocycles. The first-order valence-electron chi connectivity index (χ1n) is 10.1. The molecular formula is C19H40Cl2N2O6. The number of aliphatic hydroxyl groups excluding tert-OH is 2. The van der Waals surface area contributed by atoms with Gasteiger partial charge in [0, 0.05) is 6.42 Å². The zero-order valence-electron chi connectivity index (χ0n) is 17.4. The van der Waals surface area contributed by atoms with Crippen molar-refractivity contribution in [3.05, 3.63) is 0 Å². The normalized spacial score (nSPS) is 13.5. The highest BCUT2D eigenvalue weighted by Crippen LogP contribution is 2.11. The number of aliphatic carboxylic acids is 1. The summed E-state index contributed by atoms with van der Waals surface area (Å²) in [5.41, 5.74) is 5.48. The van der Waals surface area contributed by atoms with Crippen molar-refractivity contribution in [1.82, 2.24) is 5.32 Å². The first-order chi connectivity index (χ1) is 13.0. The summed E-state index contributed by atoms with van der Waals surface area (Å²) in [7, 11) is 0. The molecule has 0 aromatic heterocycles. The minimum atomic E-state index is -1.21. The molecule has 176 valence electrons. The van der Waals surface area contributed by atoms with Crippen molar-refractivity contribution in [2.45, 2.75) is 89.4 Å². The number of nitrogens with two attached hydrogens (primary N) is 1. The highest BCUT2D eigenvalue weighted by Gasteiger charge is 2.30. The largest absolute Gasteiger partial charge is 0.480 e. The van der Waals surface area contributed by atoms with E-state index in [1.54, 1.807) is 0 Å². The van der Waals surface area contributed by atoms with E-state index in [1.165, 1.54) is 19.3 Å². The third-order valence-corrected chi connectivity index (χ3v) is 4.37.